The quantitative estimate of drug-likeness (QED) is 0.741. The number of anilines is 1. The molecule has 0 saturated heterocycles. The fraction of sp³-hybridized carbons (Fsp3) is 0.250. The summed E-state index contributed by atoms with van der Waals surface area (Å²) < 4.78 is 7.54. The van der Waals surface area contributed by atoms with Gasteiger partial charge in [0.05, 0.1) is 17.8 Å². The molecule has 0 aliphatic carbocycles. The number of hydrogen-bond acceptors (Lipinski definition) is 4. The lowest BCUT2D eigenvalue weighted by molar-refractivity contribution is -0.115. The highest BCUT2D eigenvalue weighted by Crippen LogP contribution is 2.19. The Hall–Kier alpha value is -3.15. The minimum absolute atomic E-state index is 0.0777. The third kappa shape index (κ3) is 4.27. The van der Waals surface area contributed by atoms with Crippen LogP contribution in [0.1, 0.15) is 22.6 Å². The lowest BCUT2D eigenvalue weighted by Gasteiger charge is -2.09. The number of rotatable bonds is 6. The van der Waals surface area contributed by atoms with E-state index in [1.165, 1.54) is 0 Å². The van der Waals surface area contributed by atoms with Crippen molar-refractivity contribution in [3.8, 4) is 5.75 Å². The van der Waals surface area contributed by atoms with Gasteiger partial charge < -0.3 is 10.1 Å². The first-order valence-electron chi connectivity index (χ1n) is 8.44. The van der Waals surface area contributed by atoms with Crippen LogP contribution in [0.25, 0.3) is 0 Å². The first-order chi connectivity index (χ1) is 12.5. The van der Waals surface area contributed by atoms with Gasteiger partial charge in [0.25, 0.3) is 0 Å². The SMILES string of the molecule is Cc1nn(C)c(C)c1CC(=O)Nc1cccc(OCc2ccccn2)c1. The van der Waals surface area contributed by atoms with Crippen LogP contribution in [0.3, 0.4) is 0 Å². The van der Waals surface area contributed by atoms with Gasteiger partial charge in [0.1, 0.15) is 12.4 Å². The van der Waals surface area contributed by atoms with E-state index in [0.29, 0.717) is 24.5 Å². The van der Waals surface area contributed by atoms with Crippen LogP contribution in [0.5, 0.6) is 5.75 Å². The van der Waals surface area contributed by atoms with Gasteiger partial charge in [-0.05, 0) is 38.1 Å². The minimum atomic E-state index is -0.0777. The van der Waals surface area contributed by atoms with Crippen LogP contribution in [0.2, 0.25) is 0 Å². The Morgan fingerprint density at radius 3 is 2.73 bits per heavy atom. The molecule has 0 bridgehead atoms. The van der Waals surface area contributed by atoms with E-state index in [4.69, 9.17) is 4.74 Å². The number of benzene rings is 1. The molecular formula is C20H22N4O2. The van der Waals surface area contributed by atoms with E-state index in [2.05, 4.69) is 15.4 Å². The molecule has 3 rings (SSSR count). The number of nitrogens with zero attached hydrogens (tertiary/aromatic N) is 3. The lowest BCUT2D eigenvalue weighted by Crippen LogP contribution is -2.15. The number of carbonyl (C=O) groups excluding carboxylic acids is 1. The van der Waals surface area contributed by atoms with Gasteiger partial charge in [0.15, 0.2) is 0 Å². The van der Waals surface area contributed by atoms with E-state index in [1.54, 1.807) is 10.9 Å². The molecule has 0 radical (unpaired) electrons. The van der Waals surface area contributed by atoms with Gasteiger partial charge in [-0.2, -0.15) is 5.10 Å². The molecule has 6 nitrogen and oxygen atoms in total. The Morgan fingerprint density at radius 1 is 1.19 bits per heavy atom. The Kier molecular flexibility index (Phi) is 5.31. The first-order valence-corrected chi connectivity index (χ1v) is 8.44. The van der Waals surface area contributed by atoms with Crippen molar-refractivity contribution in [2.75, 3.05) is 5.32 Å². The summed E-state index contributed by atoms with van der Waals surface area (Å²) >= 11 is 0. The number of aromatic nitrogens is 3. The monoisotopic (exact) mass is 350 g/mol. The van der Waals surface area contributed by atoms with Crippen molar-refractivity contribution in [2.45, 2.75) is 26.9 Å². The Labute approximate surface area is 152 Å². The van der Waals surface area contributed by atoms with Crippen LogP contribution in [0.15, 0.2) is 48.7 Å². The third-order valence-electron chi connectivity index (χ3n) is 4.23. The Bertz CT molecular complexity index is 903. The molecule has 3 aromatic rings. The summed E-state index contributed by atoms with van der Waals surface area (Å²) in [5.74, 6) is 0.605. The van der Waals surface area contributed by atoms with Crippen molar-refractivity contribution in [1.29, 1.82) is 0 Å². The topological polar surface area (TPSA) is 69.0 Å². The minimum Gasteiger partial charge on any atom is -0.487 e. The Balaban J connectivity index is 1.62. The first kappa shape index (κ1) is 17.7. The zero-order valence-corrected chi connectivity index (χ0v) is 15.2. The second kappa shape index (κ2) is 7.82. The second-order valence-corrected chi connectivity index (χ2v) is 6.14. The van der Waals surface area contributed by atoms with E-state index in [-0.39, 0.29) is 5.91 Å². The molecule has 134 valence electrons. The molecule has 1 aromatic carbocycles. The van der Waals surface area contributed by atoms with Crippen molar-refractivity contribution in [3.63, 3.8) is 0 Å². The van der Waals surface area contributed by atoms with Gasteiger partial charge in [-0.3, -0.25) is 14.5 Å². The molecule has 1 N–H and O–H groups in total. The van der Waals surface area contributed by atoms with E-state index >= 15 is 0 Å². The van der Waals surface area contributed by atoms with Crippen molar-refractivity contribution in [2.24, 2.45) is 7.05 Å². The number of carbonyl (C=O) groups is 1. The average molecular weight is 350 g/mol. The van der Waals surface area contributed by atoms with Gasteiger partial charge in [-0.15, -0.1) is 0 Å². The highest BCUT2D eigenvalue weighted by Gasteiger charge is 2.13. The summed E-state index contributed by atoms with van der Waals surface area (Å²) in [6, 6.07) is 13.1. The molecule has 6 heteroatoms. The predicted molar refractivity (Wildman–Crippen MR) is 100 cm³/mol. The molecule has 26 heavy (non-hydrogen) atoms. The smallest absolute Gasteiger partial charge is 0.228 e. The maximum atomic E-state index is 12.4. The standard InChI is InChI=1S/C20H22N4O2/c1-14-19(15(2)24(3)23-14)12-20(25)22-16-8-6-9-18(11-16)26-13-17-7-4-5-10-21-17/h4-11H,12-13H2,1-3H3,(H,22,25). The highest BCUT2D eigenvalue weighted by molar-refractivity contribution is 5.92. The molecule has 1 amide bonds. The molecular weight excluding hydrogens is 328 g/mol. The molecule has 2 heterocycles. The van der Waals surface area contributed by atoms with Crippen molar-refractivity contribution in [1.82, 2.24) is 14.8 Å². The van der Waals surface area contributed by atoms with Crippen LogP contribution in [0, 0.1) is 13.8 Å². The van der Waals surface area contributed by atoms with Crippen LogP contribution in [-0.2, 0) is 24.9 Å². The number of aryl methyl sites for hydroxylation is 2. The summed E-state index contributed by atoms with van der Waals surface area (Å²) in [5.41, 5.74) is 4.41. The van der Waals surface area contributed by atoms with Crippen LogP contribution < -0.4 is 10.1 Å². The van der Waals surface area contributed by atoms with Gasteiger partial charge in [0.2, 0.25) is 5.91 Å². The van der Waals surface area contributed by atoms with Crippen LogP contribution in [-0.4, -0.2) is 20.7 Å². The van der Waals surface area contributed by atoms with Crippen LogP contribution >= 0.6 is 0 Å². The average Bonchev–Trinajstić information content (AvgIpc) is 2.87. The zero-order valence-electron chi connectivity index (χ0n) is 15.2. The molecule has 0 aliphatic heterocycles. The molecule has 0 unspecified atom stereocenters. The molecule has 2 aromatic heterocycles. The maximum Gasteiger partial charge on any atom is 0.228 e. The normalized spacial score (nSPS) is 10.6. The Morgan fingerprint density at radius 2 is 2.04 bits per heavy atom. The molecule has 0 saturated carbocycles. The third-order valence-corrected chi connectivity index (χ3v) is 4.23. The van der Waals surface area contributed by atoms with Crippen molar-refractivity contribution in [3.05, 3.63) is 71.3 Å². The van der Waals surface area contributed by atoms with Crippen molar-refractivity contribution < 1.29 is 9.53 Å². The maximum absolute atomic E-state index is 12.4. The number of ether oxygens (including phenoxy) is 1. The fourth-order valence-electron chi connectivity index (χ4n) is 2.74. The van der Waals surface area contributed by atoms with E-state index in [1.807, 2.05) is 63.4 Å². The molecule has 0 spiro atoms. The summed E-state index contributed by atoms with van der Waals surface area (Å²) in [6.45, 7) is 4.27. The van der Waals surface area contributed by atoms with E-state index in [9.17, 15) is 4.79 Å². The van der Waals surface area contributed by atoms with Crippen LogP contribution in [0.4, 0.5) is 5.69 Å². The van der Waals surface area contributed by atoms with Crippen molar-refractivity contribution >= 4 is 11.6 Å². The van der Waals surface area contributed by atoms with Gasteiger partial charge in [0, 0.05) is 36.3 Å². The summed E-state index contributed by atoms with van der Waals surface area (Å²) in [5, 5.41) is 7.27. The van der Waals surface area contributed by atoms with Gasteiger partial charge >= 0.3 is 0 Å². The molecule has 0 aliphatic rings. The van der Waals surface area contributed by atoms with Gasteiger partial charge in [-0.1, -0.05) is 12.1 Å². The zero-order chi connectivity index (χ0) is 18.5. The van der Waals surface area contributed by atoms with Gasteiger partial charge in [-0.25, -0.2) is 0 Å². The number of amides is 1. The fourth-order valence-corrected chi connectivity index (χ4v) is 2.74. The van der Waals surface area contributed by atoms with E-state index < -0.39 is 0 Å². The second-order valence-electron chi connectivity index (χ2n) is 6.14. The largest absolute Gasteiger partial charge is 0.487 e. The van der Waals surface area contributed by atoms with E-state index in [0.717, 1.165) is 22.6 Å². The lowest BCUT2D eigenvalue weighted by atomic mass is 10.1. The number of hydrogen-bond donors (Lipinski definition) is 1. The predicted octanol–water partition coefficient (Wildman–Crippen LogP) is 3.19. The molecule has 0 atom stereocenters. The summed E-state index contributed by atoms with van der Waals surface area (Å²) in [4.78, 5) is 16.6. The number of nitrogens with one attached hydrogen (secondary N) is 1. The molecule has 0 fully saturated rings. The summed E-state index contributed by atoms with van der Waals surface area (Å²) in [7, 11) is 1.88. The highest BCUT2D eigenvalue weighted by atomic mass is 16.5. The number of pyridine rings is 1. The summed E-state index contributed by atoms with van der Waals surface area (Å²) in [6.07, 6.45) is 2.03.